The summed E-state index contributed by atoms with van der Waals surface area (Å²) in [7, 11) is -5.39. The van der Waals surface area contributed by atoms with Gasteiger partial charge in [0.1, 0.15) is 0 Å². The Morgan fingerprint density at radius 3 is 0.533 bits per heavy atom. The van der Waals surface area contributed by atoms with E-state index in [1.165, 1.54) is 0 Å². The van der Waals surface area contributed by atoms with Gasteiger partial charge in [-0.2, -0.15) is 7.82 Å². The van der Waals surface area contributed by atoms with Crippen LogP contribution in [0.1, 0.15) is 0 Å². The molecule has 11 nitrogen and oxygen atoms in total. The monoisotopic (exact) mass is 290 g/mol. The second-order valence-corrected chi connectivity index (χ2v) is 1.34. The van der Waals surface area contributed by atoms with Crippen LogP contribution in [0.15, 0.2) is 0 Å². The Hall–Kier alpha value is 2.83. The van der Waals surface area contributed by atoms with Gasteiger partial charge in [0, 0.05) is 0 Å². The Morgan fingerprint density at radius 2 is 0.533 bits per heavy atom. The molecule has 0 aromatic heterocycles. The van der Waals surface area contributed by atoms with Crippen molar-refractivity contribution in [2.24, 2.45) is 0 Å². The summed E-state index contributed by atoms with van der Waals surface area (Å²) in [4.78, 5) is 25.6. The van der Waals surface area contributed by atoms with E-state index >= 15 is 0 Å². The van der Waals surface area contributed by atoms with E-state index in [0.717, 1.165) is 0 Å². The Balaban J connectivity index is -0.00000000178. The van der Waals surface area contributed by atoms with Crippen LogP contribution in [0.3, 0.4) is 0 Å². The van der Waals surface area contributed by atoms with Crippen molar-refractivity contribution in [2.45, 2.75) is 0 Å². The Kier molecular flexibility index (Phi) is 390. The zero-order valence-corrected chi connectivity index (χ0v) is 15.5. The van der Waals surface area contributed by atoms with Crippen molar-refractivity contribution >= 4 is 7.82 Å². The molecule has 0 radical (unpaired) electrons. The van der Waals surface area contributed by atoms with Gasteiger partial charge in [-0.1, -0.05) is 0 Å². The summed E-state index contributed by atoms with van der Waals surface area (Å²) in [6, 6.07) is 0. The van der Waals surface area contributed by atoms with Gasteiger partial charge in [0.25, 0.3) is 0 Å². The minimum absolute atomic E-state index is 0. The molecule has 88 valence electrons. The van der Waals surface area contributed by atoms with Gasteiger partial charge >= 0.3 is 88.7 Å². The van der Waals surface area contributed by atoms with Gasteiger partial charge in [0.15, 0.2) is 0 Å². The molecule has 15 heteroatoms. The Morgan fingerprint density at radius 1 is 0.533 bits per heavy atom. The van der Waals surface area contributed by atoms with E-state index in [4.69, 9.17) is 19.2 Å². The van der Waals surface area contributed by atoms with E-state index in [-0.39, 0.29) is 127 Å². The maximum absolute atomic E-state index is 8.55. The summed E-state index contributed by atoms with van der Waals surface area (Å²) < 4.78 is 8.55. The fourth-order valence-corrected chi connectivity index (χ4v) is 0. The van der Waals surface area contributed by atoms with Crippen LogP contribution in [0.4, 0.5) is 0 Å². The van der Waals surface area contributed by atoms with Crippen molar-refractivity contribution in [1.82, 2.24) is 0 Å². The maximum atomic E-state index is 8.55. The smallest absolute Gasteiger partial charge is 0.822 e. The largest absolute Gasteiger partial charge is 1.00 e. The summed E-state index contributed by atoms with van der Waals surface area (Å²) in [5.74, 6) is 0. The average Bonchev–Trinajstić information content (AvgIpc) is 0.722. The third kappa shape index (κ3) is 462. The predicted octanol–water partition coefficient (Wildman–Crippen LogP) is -17.6. The molecule has 0 saturated carbocycles. The molecule has 0 heterocycles. The van der Waals surface area contributed by atoms with Gasteiger partial charge in [-0.25, -0.2) is 0 Å². The molecule has 0 saturated heterocycles. The molecule has 0 bridgehead atoms. The molecule has 14 N–H and O–H groups in total. The van der Waals surface area contributed by atoms with E-state index in [1.807, 2.05) is 0 Å². The fourth-order valence-electron chi connectivity index (χ4n) is 0. The SMILES string of the molecule is O.O.O.O.O.O.O.O=P([O-])([O-])[O-].[Na+].[Na+].[Na+]. The Labute approximate surface area is 152 Å². The minimum Gasteiger partial charge on any atom is -0.822 e. The zero-order chi connectivity index (χ0) is 4.50. The summed E-state index contributed by atoms with van der Waals surface area (Å²) in [5.41, 5.74) is 0. The molecule has 0 fully saturated rings. The van der Waals surface area contributed by atoms with Gasteiger partial charge in [-0.15, -0.1) is 0 Å². The molecule has 0 unspecified atom stereocenters. The quantitative estimate of drug-likeness (QED) is 0.309. The molecule has 0 spiro atoms. The van der Waals surface area contributed by atoms with Crippen LogP contribution in [0, 0.1) is 0 Å². The molecule has 0 aromatic rings. The van der Waals surface area contributed by atoms with Crippen LogP contribution in [0.5, 0.6) is 0 Å². The van der Waals surface area contributed by atoms with E-state index in [2.05, 4.69) is 0 Å². The molecular formula is H14Na3O11P. The van der Waals surface area contributed by atoms with Crippen molar-refractivity contribution in [3.63, 3.8) is 0 Å². The van der Waals surface area contributed by atoms with Crippen LogP contribution in [0.2, 0.25) is 0 Å². The van der Waals surface area contributed by atoms with Crippen LogP contribution in [-0.2, 0) is 4.57 Å². The van der Waals surface area contributed by atoms with Gasteiger partial charge < -0.3 is 57.6 Å². The summed E-state index contributed by atoms with van der Waals surface area (Å²) in [6.07, 6.45) is 0. The minimum atomic E-state index is -5.39. The van der Waals surface area contributed by atoms with E-state index in [1.54, 1.807) is 0 Å². The van der Waals surface area contributed by atoms with Crippen molar-refractivity contribution in [3.05, 3.63) is 0 Å². The first-order chi connectivity index (χ1) is 2.00. The second-order valence-electron chi connectivity index (χ2n) is 0.447. The third-order valence-electron chi connectivity index (χ3n) is 0. The molecule has 0 aliphatic rings. The van der Waals surface area contributed by atoms with Crippen LogP contribution in [-0.4, -0.2) is 38.3 Å². The third-order valence-corrected chi connectivity index (χ3v) is 0. The topological polar surface area (TPSA) is 307 Å². The Bertz CT molecular complexity index is 62.0. The molecule has 0 amide bonds. The van der Waals surface area contributed by atoms with Gasteiger partial charge in [-0.3, -0.25) is 0 Å². The first-order valence-corrected chi connectivity index (χ1v) is 2.19. The molecule has 0 rings (SSSR count). The summed E-state index contributed by atoms with van der Waals surface area (Å²) in [5, 5.41) is 0. The standard InChI is InChI=1S/3Na.H3O4P.7H2O/c;;;1-5(2,3)4;;;;;;;/h;;;(H3,1,2,3,4);7*1H2/q3*+1;;;;;;;;/p-3. The van der Waals surface area contributed by atoms with Crippen molar-refractivity contribution in [1.29, 1.82) is 0 Å². The van der Waals surface area contributed by atoms with Gasteiger partial charge in [0.05, 0.1) is 0 Å². The van der Waals surface area contributed by atoms with Crippen molar-refractivity contribution < 1.29 is 146 Å². The number of rotatable bonds is 0. The second kappa shape index (κ2) is 54.1. The first-order valence-electron chi connectivity index (χ1n) is 0.730. The van der Waals surface area contributed by atoms with Gasteiger partial charge in [-0.05, 0) is 0 Å². The maximum Gasteiger partial charge on any atom is 1.00 e. The van der Waals surface area contributed by atoms with E-state index < -0.39 is 7.82 Å². The molecule has 0 atom stereocenters. The predicted molar refractivity (Wildman–Crippen MR) is 32.9 cm³/mol. The number of hydrogen-bond acceptors (Lipinski definition) is 4. The average molecular weight is 290 g/mol. The zero-order valence-electron chi connectivity index (χ0n) is 8.58. The fraction of sp³-hybridized carbons (Fsp3) is 0. The molecular weight excluding hydrogens is 276 g/mol. The summed E-state index contributed by atoms with van der Waals surface area (Å²) >= 11 is 0. The summed E-state index contributed by atoms with van der Waals surface area (Å²) in [6.45, 7) is 0. The normalized spacial score (nSPS) is 3.93. The van der Waals surface area contributed by atoms with E-state index in [0.29, 0.717) is 0 Å². The van der Waals surface area contributed by atoms with Crippen molar-refractivity contribution in [3.8, 4) is 0 Å². The van der Waals surface area contributed by atoms with E-state index in [9.17, 15) is 0 Å². The first kappa shape index (κ1) is 108. The molecule has 0 aliphatic heterocycles. The van der Waals surface area contributed by atoms with Crippen molar-refractivity contribution in [2.75, 3.05) is 0 Å². The van der Waals surface area contributed by atoms with Crippen LogP contribution in [0.25, 0.3) is 0 Å². The molecule has 0 aromatic carbocycles. The van der Waals surface area contributed by atoms with Crippen LogP contribution < -0.4 is 103 Å². The number of phosphoric acid groups is 1. The van der Waals surface area contributed by atoms with Crippen LogP contribution >= 0.6 is 7.82 Å². The number of hydrogen-bond donors (Lipinski definition) is 0. The molecule has 15 heavy (non-hydrogen) atoms. The van der Waals surface area contributed by atoms with Gasteiger partial charge in [0.2, 0.25) is 0 Å². The molecule has 0 aliphatic carbocycles.